The Kier molecular flexibility index (Phi) is 4.33. The lowest BCUT2D eigenvalue weighted by Crippen LogP contribution is -2.37. The minimum Gasteiger partial charge on any atom is -0.355 e. The molecule has 2 rings (SSSR count). The summed E-state index contributed by atoms with van der Waals surface area (Å²) in [6, 6.07) is 0. The van der Waals surface area contributed by atoms with Crippen molar-refractivity contribution < 1.29 is 13.5 Å². The number of allylic oxidation sites excluding steroid dienone is 2. The lowest BCUT2D eigenvalue weighted by Gasteiger charge is -2.29. The first-order valence-electron chi connectivity index (χ1n) is 5.86. The van der Waals surface area contributed by atoms with E-state index in [4.69, 9.17) is 4.74 Å². The van der Waals surface area contributed by atoms with Gasteiger partial charge in [0.1, 0.15) is 5.83 Å². The molecule has 96 valence electrons. The second kappa shape index (κ2) is 5.59. The fourth-order valence-corrected chi connectivity index (χ4v) is 2.62. The number of rotatable bonds is 4. The van der Waals surface area contributed by atoms with Crippen molar-refractivity contribution in [3.8, 4) is 0 Å². The number of nitrogens with zero attached hydrogens (tertiary/aromatic N) is 1. The lowest BCUT2D eigenvalue weighted by molar-refractivity contribution is 0.0125. The molecule has 2 nitrogen and oxygen atoms in total. The molecule has 1 saturated heterocycles. The summed E-state index contributed by atoms with van der Waals surface area (Å²) in [6.07, 6.45) is 4.49. The van der Waals surface area contributed by atoms with Gasteiger partial charge in [0.25, 0.3) is 0 Å². The van der Waals surface area contributed by atoms with Crippen LogP contribution in [0.25, 0.3) is 0 Å². The highest BCUT2D eigenvalue weighted by Crippen LogP contribution is 2.34. The number of halogens is 3. The van der Waals surface area contributed by atoms with Gasteiger partial charge in [-0.25, -0.2) is 8.78 Å². The molecule has 2 atom stereocenters. The predicted octanol–water partition coefficient (Wildman–Crippen LogP) is 2.95. The van der Waals surface area contributed by atoms with Crippen molar-refractivity contribution in [2.75, 3.05) is 26.2 Å². The molecule has 0 N–H and O–H groups in total. The zero-order valence-electron chi connectivity index (χ0n) is 9.54. The van der Waals surface area contributed by atoms with E-state index in [2.05, 4.69) is 20.8 Å². The summed E-state index contributed by atoms with van der Waals surface area (Å²) in [5.74, 6) is -0.475. The maximum Gasteiger partial charge on any atom is 0.178 e. The Morgan fingerprint density at radius 2 is 2.18 bits per heavy atom. The van der Waals surface area contributed by atoms with Crippen LogP contribution in [0.5, 0.6) is 0 Å². The third-order valence-corrected chi connectivity index (χ3v) is 3.96. The summed E-state index contributed by atoms with van der Waals surface area (Å²) in [5, 5.41) is 0. The van der Waals surface area contributed by atoms with Crippen molar-refractivity contribution in [2.24, 2.45) is 0 Å². The van der Waals surface area contributed by atoms with Gasteiger partial charge >= 0.3 is 0 Å². The van der Waals surface area contributed by atoms with Crippen LogP contribution in [0.15, 0.2) is 24.1 Å². The fraction of sp³-hybridized carbons (Fsp3) is 0.667. The molecule has 1 fully saturated rings. The Hall–Kier alpha value is -0.260. The highest BCUT2D eigenvalue weighted by molar-refractivity contribution is 9.10. The number of alkyl halides is 2. The summed E-state index contributed by atoms with van der Waals surface area (Å²) in [7, 11) is 0. The molecule has 1 aliphatic carbocycles. The zero-order valence-corrected chi connectivity index (χ0v) is 11.1. The average molecular weight is 308 g/mol. The van der Waals surface area contributed by atoms with Crippen LogP contribution in [-0.2, 0) is 4.74 Å². The Morgan fingerprint density at radius 1 is 1.47 bits per heavy atom. The van der Waals surface area contributed by atoms with Crippen LogP contribution < -0.4 is 0 Å². The quantitative estimate of drug-likeness (QED) is 0.741. The Morgan fingerprint density at radius 3 is 2.88 bits per heavy atom. The molecule has 0 radical (unpaired) electrons. The summed E-state index contributed by atoms with van der Waals surface area (Å²) in [6.45, 7) is 3.30. The predicted molar refractivity (Wildman–Crippen MR) is 66.5 cm³/mol. The second-order valence-electron chi connectivity index (χ2n) is 4.39. The maximum absolute atomic E-state index is 13.6. The van der Waals surface area contributed by atoms with Gasteiger partial charge < -0.3 is 9.64 Å². The number of likely N-dealkylation sites (tertiary alicyclic amines) is 1. The van der Waals surface area contributed by atoms with Crippen LogP contribution in [-0.4, -0.2) is 41.8 Å². The van der Waals surface area contributed by atoms with Crippen molar-refractivity contribution >= 4 is 15.9 Å². The smallest absolute Gasteiger partial charge is 0.178 e. The second-order valence-corrected chi connectivity index (χ2v) is 5.62. The molecule has 2 aliphatic rings. The first-order valence-corrected chi connectivity index (χ1v) is 6.65. The van der Waals surface area contributed by atoms with E-state index in [1.54, 1.807) is 0 Å². The van der Waals surface area contributed by atoms with E-state index in [9.17, 15) is 8.78 Å². The monoisotopic (exact) mass is 307 g/mol. The standard InChI is InChI=1S/C12H16BrF2NO/c13-12(9-10(14)3-4-11(12)15)17-8-7-16-5-1-2-6-16/h3-4,9,11H,1-2,5-8H2. The normalized spacial score (nSPS) is 34.1. The lowest BCUT2D eigenvalue weighted by atomic mass is 10.1. The first kappa shape index (κ1) is 13.2. The topological polar surface area (TPSA) is 12.5 Å². The summed E-state index contributed by atoms with van der Waals surface area (Å²) in [5.41, 5.74) is 0. The van der Waals surface area contributed by atoms with Crippen molar-refractivity contribution in [3.05, 3.63) is 24.1 Å². The molecule has 0 saturated carbocycles. The molecule has 0 bridgehead atoms. The molecular weight excluding hydrogens is 292 g/mol. The van der Waals surface area contributed by atoms with Gasteiger partial charge in [-0.1, -0.05) is 0 Å². The molecule has 0 aromatic rings. The molecule has 2 unspecified atom stereocenters. The third-order valence-electron chi connectivity index (χ3n) is 3.06. The number of ether oxygens (including phenoxy) is 1. The highest BCUT2D eigenvalue weighted by atomic mass is 79.9. The van der Waals surface area contributed by atoms with Gasteiger partial charge in [0.05, 0.1) is 6.61 Å². The summed E-state index contributed by atoms with van der Waals surface area (Å²) < 4.78 is 30.8. The minimum absolute atomic E-state index is 0.392. The van der Waals surface area contributed by atoms with Crippen LogP contribution in [0.3, 0.4) is 0 Å². The van der Waals surface area contributed by atoms with Crippen LogP contribution in [0.2, 0.25) is 0 Å². The highest BCUT2D eigenvalue weighted by Gasteiger charge is 2.37. The van der Waals surface area contributed by atoms with E-state index in [0.717, 1.165) is 31.8 Å². The van der Waals surface area contributed by atoms with Gasteiger partial charge in [0.2, 0.25) is 0 Å². The molecule has 0 aromatic carbocycles. The van der Waals surface area contributed by atoms with Crippen LogP contribution in [0.1, 0.15) is 12.8 Å². The van der Waals surface area contributed by atoms with Crippen molar-refractivity contribution in [2.45, 2.75) is 23.5 Å². The molecule has 0 aromatic heterocycles. The molecular formula is C12H16BrF2NO. The first-order chi connectivity index (χ1) is 8.10. The molecule has 0 amide bonds. The van der Waals surface area contributed by atoms with E-state index in [0.29, 0.717) is 6.61 Å². The van der Waals surface area contributed by atoms with Gasteiger partial charge in [-0.2, -0.15) is 0 Å². The Bertz CT molecular complexity index is 328. The van der Waals surface area contributed by atoms with Crippen LogP contribution in [0, 0.1) is 0 Å². The molecule has 1 aliphatic heterocycles. The van der Waals surface area contributed by atoms with E-state index in [-0.39, 0.29) is 0 Å². The van der Waals surface area contributed by atoms with Gasteiger partial charge in [0, 0.05) is 6.54 Å². The molecule has 0 spiro atoms. The van der Waals surface area contributed by atoms with E-state index in [1.807, 2.05) is 0 Å². The number of hydrogen-bond acceptors (Lipinski definition) is 2. The number of hydrogen-bond donors (Lipinski definition) is 0. The third kappa shape index (κ3) is 3.36. The van der Waals surface area contributed by atoms with Gasteiger partial charge in [-0.05, 0) is 60.1 Å². The van der Waals surface area contributed by atoms with Crippen molar-refractivity contribution in [3.63, 3.8) is 0 Å². The van der Waals surface area contributed by atoms with Gasteiger partial charge in [-0.3, -0.25) is 0 Å². The largest absolute Gasteiger partial charge is 0.355 e. The van der Waals surface area contributed by atoms with E-state index < -0.39 is 16.5 Å². The molecule has 5 heteroatoms. The summed E-state index contributed by atoms with van der Waals surface area (Å²) in [4.78, 5) is 2.27. The van der Waals surface area contributed by atoms with Gasteiger partial charge in [-0.15, -0.1) is 0 Å². The average Bonchev–Trinajstić information content (AvgIpc) is 2.77. The van der Waals surface area contributed by atoms with E-state index in [1.165, 1.54) is 18.9 Å². The van der Waals surface area contributed by atoms with Gasteiger partial charge in [0.15, 0.2) is 10.7 Å². The Labute approximate surface area is 108 Å². The summed E-state index contributed by atoms with van der Waals surface area (Å²) >= 11 is 3.13. The van der Waals surface area contributed by atoms with Crippen molar-refractivity contribution in [1.29, 1.82) is 0 Å². The van der Waals surface area contributed by atoms with Crippen LogP contribution in [0.4, 0.5) is 8.78 Å². The maximum atomic E-state index is 13.6. The van der Waals surface area contributed by atoms with Crippen LogP contribution >= 0.6 is 15.9 Å². The molecule has 1 heterocycles. The SMILES string of the molecule is FC1=CC(Br)(OCCN2CCCC2)C(F)C=C1. The molecule has 17 heavy (non-hydrogen) atoms. The fourth-order valence-electron chi connectivity index (χ4n) is 2.08. The Balaban J connectivity index is 1.82. The minimum atomic E-state index is -1.36. The van der Waals surface area contributed by atoms with Crippen molar-refractivity contribution in [1.82, 2.24) is 4.90 Å². The van der Waals surface area contributed by atoms with E-state index >= 15 is 0 Å². The zero-order chi connectivity index (χ0) is 12.3.